The zero-order valence-corrected chi connectivity index (χ0v) is 25.3. The van der Waals surface area contributed by atoms with Crippen molar-refractivity contribution in [1.29, 1.82) is 0 Å². The van der Waals surface area contributed by atoms with Crippen LogP contribution in [0.1, 0.15) is 72.6 Å². The van der Waals surface area contributed by atoms with Crippen molar-refractivity contribution in [3.05, 3.63) is 76.9 Å². The fourth-order valence-corrected chi connectivity index (χ4v) is 6.69. The van der Waals surface area contributed by atoms with Gasteiger partial charge < -0.3 is 24.1 Å². The van der Waals surface area contributed by atoms with Crippen molar-refractivity contribution in [3.8, 4) is 28.4 Å². The van der Waals surface area contributed by atoms with E-state index in [1.165, 1.54) is 25.3 Å². The van der Waals surface area contributed by atoms with Crippen molar-refractivity contribution in [2.75, 3.05) is 26.9 Å². The van der Waals surface area contributed by atoms with Gasteiger partial charge in [-0.3, -0.25) is 4.79 Å². The second-order valence-corrected chi connectivity index (χ2v) is 12.5. The van der Waals surface area contributed by atoms with Gasteiger partial charge >= 0.3 is 12.1 Å². The summed E-state index contributed by atoms with van der Waals surface area (Å²) in [6, 6.07) is 14.3. The first-order valence-electron chi connectivity index (χ1n) is 15.4. The second kappa shape index (κ2) is 12.4. The maximum absolute atomic E-state index is 14.2. The summed E-state index contributed by atoms with van der Waals surface area (Å²) in [7, 11) is 1.34. The summed E-state index contributed by atoms with van der Waals surface area (Å²) in [5.74, 6) is -1.79. The number of rotatable bonds is 9. The van der Waals surface area contributed by atoms with Gasteiger partial charge in [0.15, 0.2) is 0 Å². The third kappa shape index (κ3) is 6.79. The van der Waals surface area contributed by atoms with Crippen molar-refractivity contribution >= 4 is 5.97 Å². The predicted molar refractivity (Wildman–Crippen MR) is 159 cm³/mol. The van der Waals surface area contributed by atoms with E-state index in [2.05, 4.69) is 0 Å². The van der Waals surface area contributed by atoms with Crippen LogP contribution >= 0.6 is 0 Å². The van der Waals surface area contributed by atoms with E-state index in [1.807, 2.05) is 6.07 Å². The monoisotopic (exact) mass is 646 g/mol. The second-order valence-electron chi connectivity index (χ2n) is 12.5. The van der Waals surface area contributed by atoms with Crippen molar-refractivity contribution in [1.82, 2.24) is 0 Å². The summed E-state index contributed by atoms with van der Waals surface area (Å²) in [6.07, 6.45) is -4.32. The molecule has 0 amide bonds. The summed E-state index contributed by atoms with van der Waals surface area (Å²) in [4.78, 5) is 11.7. The first-order valence-corrected chi connectivity index (χ1v) is 15.4. The molecular weight excluding hydrogens is 611 g/mol. The number of hydrogen-bond acceptors (Lipinski definition) is 6. The van der Waals surface area contributed by atoms with E-state index in [1.54, 1.807) is 24.3 Å². The first-order chi connectivity index (χ1) is 21.8. The summed E-state index contributed by atoms with van der Waals surface area (Å²) in [6.45, 7) is 0.456. The number of esters is 1. The molecule has 0 radical (unpaired) electrons. The zero-order chi connectivity index (χ0) is 32.7. The lowest BCUT2D eigenvalue weighted by atomic mass is 9.83. The predicted octanol–water partition coefficient (Wildman–Crippen LogP) is 7.84. The first kappa shape index (κ1) is 32.1. The molecule has 0 aromatic heterocycles. The maximum Gasteiger partial charge on any atom is 0.417 e. The van der Waals surface area contributed by atoms with Crippen LogP contribution in [0.4, 0.5) is 22.0 Å². The molecular formula is C35H35F5O6. The standard InChI is InChI=1S/C35H35F5O6/c1-43-31(41)16-23-19-45-30-17-25(7-9-27(23)30)44-18-22-4-8-28-26(22)10-11-29(35(38,39)40)32(28)21-2-5-24(6-3-21)46-20-33(42)12-14-34(36,37)15-13-33/h2-3,5-7,9-11,17,22-23,42H,4,8,12-16,18-20H2,1H3/t22-,23+/m0/s1. The number of fused-ring (bicyclic) bond motifs is 2. The Morgan fingerprint density at radius 2 is 1.63 bits per heavy atom. The molecule has 3 aromatic carbocycles. The molecule has 1 fully saturated rings. The average Bonchev–Trinajstić information content (AvgIpc) is 3.63. The Hall–Kier alpha value is -3.86. The number of alkyl halides is 5. The minimum absolute atomic E-state index is 0.0914. The van der Waals surface area contributed by atoms with Gasteiger partial charge in [-0.25, -0.2) is 8.78 Å². The molecule has 1 saturated carbocycles. The van der Waals surface area contributed by atoms with Crippen molar-refractivity contribution in [2.24, 2.45) is 0 Å². The molecule has 0 saturated heterocycles. The van der Waals surface area contributed by atoms with Crippen molar-refractivity contribution in [2.45, 2.75) is 74.5 Å². The van der Waals surface area contributed by atoms with E-state index in [0.29, 0.717) is 47.8 Å². The third-order valence-electron chi connectivity index (χ3n) is 9.36. The molecule has 2 atom stereocenters. The fraction of sp³-hybridized carbons (Fsp3) is 0.457. The number of carbonyl (C=O) groups is 1. The van der Waals surface area contributed by atoms with Crippen LogP contribution in [0.2, 0.25) is 0 Å². The third-order valence-corrected chi connectivity index (χ3v) is 9.36. The van der Waals surface area contributed by atoms with Crippen LogP contribution < -0.4 is 14.2 Å². The van der Waals surface area contributed by atoms with E-state index < -0.39 is 36.1 Å². The highest BCUT2D eigenvalue weighted by Crippen LogP contribution is 2.47. The summed E-state index contributed by atoms with van der Waals surface area (Å²) in [5, 5.41) is 10.6. The number of benzene rings is 3. The molecule has 1 aliphatic heterocycles. The molecule has 1 heterocycles. The number of aliphatic hydroxyl groups is 1. The maximum atomic E-state index is 14.2. The lowest BCUT2D eigenvalue weighted by Crippen LogP contribution is -2.43. The van der Waals surface area contributed by atoms with Crippen LogP contribution in [0.5, 0.6) is 17.2 Å². The van der Waals surface area contributed by atoms with Gasteiger partial charge in [0.1, 0.15) is 23.9 Å². The van der Waals surface area contributed by atoms with Gasteiger partial charge in [0, 0.05) is 36.3 Å². The van der Waals surface area contributed by atoms with Gasteiger partial charge in [0.05, 0.1) is 37.9 Å². The van der Waals surface area contributed by atoms with Crippen molar-refractivity contribution in [3.63, 3.8) is 0 Å². The summed E-state index contributed by atoms with van der Waals surface area (Å²) >= 11 is 0. The Labute approximate surface area is 263 Å². The Balaban J connectivity index is 1.16. The van der Waals surface area contributed by atoms with Gasteiger partial charge in [-0.2, -0.15) is 13.2 Å². The molecule has 1 N–H and O–H groups in total. The molecule has 3 aliphatic rings. The molecule has 3 aromatic rings. The molecule has 0 spiro atoms. The normalized spacial score (nSPS) is 21.2. The lowest BCUT2D eigenvalue weighted by molar-refractivity contribution is -0.141. The molecule has 46 heavy (non-hydrogen) atoms. The average molecular weight is 647 g/mol. The summed E-state index contributed by atoms with van der Waals surface area (Å²) in [5.41, 5.74) is 0.727. The Morgan fingerprint density at radius 1 is 0.935 bits per heavy atom. The fourth-order valence-electron chi connectivity index (χ4n) is 6.69. The Morgan fingerprint density at radius 3 is 2.33 bits per heavy atom. The van der Waals surface area contributed by atoms with Crippen LogP contribution in [-0.2, 0) is 22.1 Å². The van der Waals surface area contributed by atoms with Crippen LogP contribution in [0.3, 0.4) is 0 Å². The number of carbonyl (C=O) groups excluding carboxylic acids is 1. The highest BCUT2D eigenvalue weighted by atomic mass is 19.4. The SMILES string of the molecule is COC(=O)C[C@@H]1COc2cc(OC[C@@H]3CCc4c3ccc(C(F)(F)F)c4-c3ccc(OCC4(O)CCC(F)(F)CC4)cc3)ccc21. The summed E-state index contributed by atoms with van der Waals surface area (Å²) < 4.78 is 92.0. The number of halogens is 5. The van der Waals surface area contributed by atoms with E-state index >= 15 is 0 Å². The Bertz CT molecular complexity index is 1580. The van der Waals surface area contributed by atoms with E-state index in [0.717, 1.165) is 17.2 Å². The molecule has 6 nitrogen and oxygen atoms in total. The number of ether oxygens (including phenoxy) is 4. The van der Waals surface area contributed by atoms with Gasteiger partial charge in [0.25, 0.3) is 0 Å². The minimum atomic E-state index is -4.57. The highest BCUT2D eigenvalue weighted by Gasteiger charge is 2.43. The quantitative estimate of drug-likeness (QED) is 0.189. The van der Waals surface area contributed by atoms with Crippen LogP contribution in [0.25, 0.3) is 11.1 Å². The molecule has 2 aliphatic carbocycles. The van der Waals surface area contributed by atoms with E-state index in [4.69, 9.17) is 18.9 Å². The molecule has 11 heteroatoms. The van der Waals surface area contributed by atoms with Gasteiger partial charge in [-0.15, -0.1) is 0 Å². The van der Waals surface area contributed by atoms with Gasteiger partial charge in [-0.05, 0) is 72.2 Å². The Kier molecular flexibility index (Phi) is 8.65. The van der Waals surface area contributed by atoms with E-state index in [-0.39, 0.29) is 55.8 Å². The topological polar surface area (TPSA) is 74.2 Å². The smallest absolute Gasteiger partial charge is 0.417 e. The largest absolute Gasteiger partial charge is 0.493 e. The van der Waals surface area contributed by atoms with Crippen LogP contribution in [0.15, 0.2) is 54.6 Å². The number of hydrogen-bond donors (Lipinski definition) is 1. The van der Waals surface area contributed by atoms with Crippen LogP contribution in [-0.4, -0.2) is 49.5 Å². The minimum Gasteiger partial charge on any atom is -0.493 e. The highest BCUT2D eigenvalue weighted by molar-refractivity contribution is 5.75. The zero-order valence-electron chi connectivity index (χ0n) is 25.3. The molecule has 246 valence electrons. The van der Waals surface area contributed by atoms with Crippen molar-refractivity contribution < 1.29 is 50.8 Å². The van der Waals surface area contributed by atoms with E-state index in [9.17, 15) is 31.9 Å². The van der Waals surface area contributed by atoms with Gasteiger partial charge in [0.2, 0.25) is 5.92 Å². The number of methoxy groups -OCH3 is 1. The molecule has 0 unspecified atom stereocenters. The molecule has 0 bridgehead atoms. The molecule has 6 rings (SSSR count). The van der Waals surface area contributed by atoms with Gasteiger partial charge in [-0.1, -0.05) is 24.3 Å². The van der Waals surface area contributed by atoms with Crippen LogP contribution in [0, 0.1) is 0 Å². The lowest BCUT2D eigenvalue weighted by Gasteiger charge is -2.35.